The highest BCUT2D eigenvalue weighted by molar-refractivity contribution is 5.84. The fourth-order valence-corrected chi connectivity index (χ4v) is 5.14. The quantitative estimate of drug-likeness (QED) is 0.568. The third kappa shape index (κ3) is 5.31. The van der Waals surface area contributed by atoms with Crippen LogP contribution in [0.4, 0.5) is 0 Å². The number of nitrogens with zero attached hydrogens (tertiary/aromatic N) is 1. The highest BCUT2D eigenvalue weighted by atomic mass is 16.2. The number of piperidine rings is 1. The van der Waals surface area contributed by atoms with Gasteiger partial charge in [0.05, 0.1) is 5.92 Å². The highest BCUT2D eigenvalue weighted by Crippen LogP contribution is 2.28. The van der Waals surface area contributed by atoms with Gasteiger partial charge in [-0.15, -0.1) is 0 Å². The second-order valence-corrected chi connectivity index (χ2v) is 9.72. The molecule has 2 aliphatic rings. The summed E-state index contributed by atoms with van der Waals surface area (Å²) in [5.41, 5.74) is 2.51. The smallest absolute Gasteiger partial charge is 0.225 e. The van der Waals surface area contributed by atoms with E-state index in [2.05, 4.69) is 65.2 Å². The molecule has 3 aromatic carbocycles. The van der Waals surface area contributed by atoms with Crippen molar-refractivity contribution in [2.24, 2.45) is 5.92 Å². The summed E-state index contributed by atoms with van der Waals surface area (Å²) in [6.07, 6.45) is 2.98. The molecule has 176 valence electrons. The summed E-state index contributed by atoms with van der Waals surface area (Å²) in [6, 6.07) is 25.1. The number of rotatable bonds is 7. The molecule has 0 spiro atoms. The monoisotopic (exact) mass is 455 g/mol. The summed E-state index contributed by atoms with van der Waals surface area (Å²) in [7, 11) is 0. The van der Waals surface area contributed by atoms with E-state index in [0.29, 0.717) is 18.8 Å². The second-order valence-electron chi connectivity index (χ2n) is 9.72. The zero-order chi connectivity index (χ0) is 23.3. The molecular weight excluding hydrogens is 422 g/mol. The molecule has 0 bridgehead atoms. The minimum Gasteiger partial charge on any atom is -0.352 e. The topological polar surface area (TPSA) is 61.4 Å². The Bertz CT molecular complexity index is 1130. The molecule has 5 heteroatoms. The van der Waals surface area contributed by atoms with E-state index in [1.165, 1.54) is 16.3 Å². The molecule has 2 amide bonds. The summed E-state index contributed by atoms with van der Waals surface area (Å²) in [5.74, 6) is 0.727. The first-order valence-corrected chi connectivity index (χ1v) is 12.5. The maximum atomic E-state index is 13.3. The molecule has 1 atom stereocenters. The fraction of sp³-hybridized carbons (Fsp3) is 0.379. The molecule has 2 aliphatic heterocycles. The van der Waals surface area contributed by atoms with Crippen LogP contribution in [0.25, 0.3) is 10.8 Å². The first-order chi connectivity index (χ1) is 16.7. The number of amides is 2. The molecule has 2 fully saturated rings. The van der Waals surface area contributed by atoms with Gasteiger partial charge in [-0.2, -0.15) is 0 Å². The van der Waals surface area contributed by atoms with Gasteiger partial charge in [0.2, 0.25) is 11.8 Å². The predicted molar refractivity (Wildman–Crippen MR) is 136 cm³/mol. The summed E-state index contributed by atoms with van der Waals surface area (Å²) < 4.78 is 0. The molecule has 2 saturated heterocycles. The largest absolute Gasteiger partial charge is 0.352 e. The summed E-state index contributed by atoms with van der Waals surface area (Å²) in [4.78, 5) is 28.0. The lowest BCUT2D eigenvalue weighted by Crippen LogP contribution is -2.53. The van der Waals surface area contributed by atoms with Gasteiger partial charge in [0, 0.05) is 38.6 Å². The fourth-order valence-electron chi connectivity index (χ4n) is 5.14. The molecule has 0 aromatic heterocycles. The van der Waals surface area contributed by atoms with Gasteiger partial charge in [-0.1, -0.05) is 72.8 Å². The third-order valence-electron chi connectivity index (χ3n) is 7.33. The second kappa shape index (κ2) is 10.4. The summed E-state index contributed by atoms with van der Waals surface area (Å²) >= 11 is 0. The Morgan fingerprint density at radius 3 is 2.32 bits per heavy atom. The van der Waals surface area contributed by atoms with E-state index in [1.807, 2.05) is 23.1 Å². The SMILES string of the molecule is O=C(N[C@@H](CC(=O)N1CCC(c2ccccc2)CC1)Cc1ccc2ccccc2c1)C1CNC1. The van der Waals surface area contributed by atoms with Crippen molar-refractivity contribution in [3.63, 3.8) is 0 Å². The van der Waals surface area contributed by atoms with Crippen LogP contribution in [0.2, 0.25) is 0 Å². The van der Waals surface area contributed by atoms with Crippen LogP contribution in [0.3, 0.4) is 0 Å². The van der Waals surface area contributed by atoms with Gasteiger partial charge < -0.3 is 15.5 Å². The van der Waals surface area contributed by atoms with Gasteiger partial charge in [-0.25, -0.2) is 0 Å². The van der Waals surface area contributed by atoms with Crippen molar-refractivity contribution >= 4 is 22.6 Å². The number of fused-ring (bicyclic) bond motifs is 1. The Morgan fingerprint density at radius 2 is 1.62 bits per heavy atom. The zero-order valence-electron chi connectivity index (χ0n) is 19.6. The maximum absolute atomic E-state index is 13.3. The minimum atomic E-state index is -0.200. The lowest BCUT2D eigenvalue weighted by molar-refractivity contribution is -0.133. The Hall–Kier alpha value is -3.18. The van der Waals surface area contributed by atoms with Crippen molar-refractivity contribution in [2.75, 3.05) is 26.2 Å². The van der Waals surface area contributed by atoms with Crippen molar-refractivity contribution < 1.29 is 9.59 Å². The van der Waals surface area contributed by atoms with Gasteiger partial charge in [0.25, 0.3) is 0 Å². The molecule has 0 radical (unpaired) electrons. The van der Waals surface area contributed by atoms with Crippen molar-refractivity contribution in [1.82, 2.24) is 15.5 Å². The Balaban J connectivity index is 1.24. The van der Waals surface area contributed by atoms with Gasteiger partial charge >= 0.3 is 0 Å². The Labute approximate surface area is 201 Å². The van der Waals surface area contributed by atoms with E-state index < -0.39 is 0 Å². The van der Waals surface area contributed by atoms with E-state index in [9.17, 15) is 9.59 Å². The van der Waals surface area contributed by atoms with Crippen LogP contribution in [-0.2, 0) is 16.0 Å². The lowest BCUT2D eigenvalue weighted by atomic mass is 9.89. The lowest BCUT2D eigenvalue weighted by Gasteiger charge is -2.34. The third-order valence-corrected chi connectivity index (χ3v) is 7.33. The number of likely N-dealkylation sites (tertiary alicyclic amines) is 1. The van der Waals surface area contributed by atoms with E-state index in [-0.39, 0.29) is 23.8 Å². The van der Waals surface area contributed by atoms with Crippen LogP contribution in [0, 0.1) is 5.92 Å². The first kappa shape index (κ1) is 22.6. The minimum absolute atomic E-state index is 0.0100. The van der Waals surface area contributed by atoms with Crippen LogP contribution >= 0.6 is 0 Å². The van der Waals surface area contributed by atoms with Crippen molar-refractivity contribution in [3.8, 4) is 0 Å². The molecule has 0 saturated carbocycles. The van der Waals surface area contributed by atoms with Crippen molar-refractivity contribution in [3.05, 3.63) is 83.9 Å². The Kier molecular flexibility index (Phi) is 6.91. The summed E-state index contributed by atoms with van der Waals surface area (Å²) in [5, 5.41) is 8.73. The van der Waals surface area contributed by atoms with Gasteiger partial charge in [-0.3, -0.25) is 9.59 Å². The normalized spacial score (nSPS) is 17.8. The molecule has 0 unspecified atom stereocenters. The molecule has 5 rings (SSSR count). The number of carbonyl (C=O) groups excluding carboxylic acids is 2. The van der Waals surface area contributed by atoms with Crippen molar-refractivity contribution in [2.45, 2.75) is 37.6 Å². The standard InChI is InChI=1S/C29H33N3O2/c33-28(32-14-12-24(13-15-32)22-6-2-1-3-7-22)18-27(31-29(34)26-19-30-20-26)17-21-10-11-23-8-4-5-9-25(23)16-21/h1-11,16,24,26-27,30H,12-15,17-20H2,(H,31,34)/t27-/m1/s1. The van der Waals surface area contributed by atoms with Crippen LogP contribution in [0.1, 0.15) is 36.3 Å². The van der Waals surface area contributed by atoms with E-state index >= 15 is 0 Å². The van der Waals surface area contributed by atoms with Crippen LogP contribution < -0.4 is 10.6 Å². The number of nitrogens with one attached hydrogen (secondary N) is 2. The molecule has 34 heavy (non-hydrogen) atoms. The highest BCUT2D eigenvalue weighted by Gasteiger charge is 2.29. The number of hydrogen-bond donors (Lipinski definition) is 2. The predicted octanol–water partition coefficient (Wildman–Crippen LogP) is 3.88. The van der Waals surface area contributed by atoms with Crippen molar-refractivity contribution in [1.29, 1.82) is 0 Å². The average molecular weight is 456 g/mol. The van der Waals surface area contributed by atoms with Gasteiger partial charge in [0.15, 0.2) is 0 Å². The van der Waals surface area contributed by atoms with Crippen LogP contribution in [0.15, 0.2) is 72.8 Å². The molecule has 2 heterocycles. The maximum Gasteiger partial charge on any atom is 0.225 e. The average Bonchev–Trinajstić information content (AvgIpc) is 2.83. The number of carbonyl (C=O) groups is 2. The van der Waals surface area contributed by atoms with Crippen LogP contribution in [-0.4, -0.2) is 48.9 Å². The van der Waals surface area contributed by atoms with Gasteiger partial charge in [-0.05, 0) is 47.1 Å². The molecule has 5 nitrogen and oxygen atoms in total. The van der Waals surface area contributed by atoms with E-state index in [4.69, 9.17) is 0 Å². The summed E-state index contributed by atoms with van der Waals surface area (Å²) in [6.45, 7) is 2.99. The number of hydrogen-bond acceptors (Lipinski definition) is 3. The van der Waals surface area contributed by atoms with E-state index in [0.717, 1.165) is 44.6 Å². The molecule has 0 aliphatic carbocycles. The first-order valence-electron chi connectivity index (χ1n) is 12.5. The van der Waals surface area contributed by atoms with E-state index in [1.54, 1.807) is 0 Å². The molecule has 2 N–H and O–H groups in total. The molecule has 3 aromatic rings. The van der Waals surface area contributed by atoms with Gasteiger partial charge in [0.1, 0.15) is 0 Å². The number of benzene rings is 3. The molecular formula is C29H33N3O2. The van der Waals surface area contributed by atoms with Crippen LogP contribution in [0.5, 0.6) is 0 Å². The Morgan fingerprint density at radius 1 is 0.912 bits per heavy atom. The zero-order valence-corrected chi connectivity index (χ0v) is 19.6.